The maximum Gasteiger partial charge on any atom is 0.227 e. The molecule has 4 nitrogen and oxygen atoms in total. The largest absolute Gasteiger partial charge is 0.379 e. The summed E-state index contributed by atoms with van der Waals surface area (Å²) in [6, 6.07) is 0.427. The average molecular weight is 288 g/mol. The topological polar surface area (TPSA) is 50.4 Å². The molecule has 3 atom stereocenters. The number of hydrogen-bond acceptors (Lipinski definition) is 4. The molecule has 1 fully saturated rings. The Labute approximate surface area is 121 Å². The number of hydrogen-bond donors (Lipinski definition) is 2. The van der Waals surface area contributed by atoms with Gasteiger partial charge in [-0.2, -0.15) is 11.8 Å². The van der Waals surface area contributed by atoms with Gasteiger partial charge in [-0.25, -0.2) is 0 Å². The van der Waals surface area contributed by atoms with E-state index in [9.17, 15) is 4.79 Å². The van der Waals surface area contributed by atoms with Crippen LogP contribution < -0.4 is 10.6 Å². The molecule has 0 spiro atoms. The van der Waals surface area contributed by atoms with Crippen molar-refractivity contribution in [3.05, 3.63) is 0 Å². The van der Waals surface area contributed by atoms with E-state index in [4.69, 9.17) is 4.74 Å². The van der Waals surface area contributed by atoms with Crippen molar-refractivity contribution in [1.82, 2.24) is 10.6 Å². The first kappa shape index (κ1) is 16.8. The molecule has 3 unspecified atom stereocenters. The van der Waals surface area contributed by atoms with Crippen molar-refractivity contribution < 1.29 is 9.53 Å². The smallest absolute Gasteiger partial charge is 0.227 e. The molecule has 5 heteroatoms. The molecule has 0 aromatic rings. The minimum Gasteiger partial charge on any atom is -0.379 e. The Morgan fingerprint density at radius 2 is 2.21 bits per heavy atom. The standard InChI is InChI=1S/C14H28N2O2S/c1-4-7-15-13-10-18-9-12(13)14(17)16-11(3)6-8-19-5-2/h11-13,15H,4-10H2,1-3H3,(H,16,17). The van der Waals surface area contributed by atoms with Crippen LogP contribution in [0.5, 0.6) is 0 Å². The van der Waals surface area contributed by atoms with Crippen LogP contribution in [0.2, 0.25) is 0 Å². The molecule has 0 aromatic carbocycles. The zero-order valence-corrected chi connectivity index (χ0v) is 13.2. The maximum atomic E-state index is 12.2. The number of ether oxygens (including phenoxy) is 1. The molecular formula is C14H28N2O2S. The molecular weight excluding hydrogens is 260 g/mol. The van der Waals surface area contributed by atoms with Crippen LogP contribution in [0, 0.1) is 5.92 Å². The summed E-state index contributed by atoms with van der Waals surface area (Å²) in [7, 11) is 0. The van der Waals surface area contributed by atoms with E-state index in [1.54, 1.807) is 0 Å². The summed E-state index contributed by atoms with van der Waals surface area (Å²) in [5, 5.41) is 6.51. The Bertz CT molecular complexity index is 264. The molecule has 0 aromatic heterocycles. The Hall–Kier alpha value is -0.260. The van der Waals surface area contributed by atoms with Gasteiger partial charge in [0, 0.05) is 12.1 Å². The van der Waals surface area contributed by atoms with Crippen LogP contribution in [0.3, 0.4) is 0 Å². The molecule has 2 N–H and O–H groups in total. The highest BCUT2D eigenvalue weighted by Crippen LogP contribution is 2.14. The van der Waals surface area contributed by atoms with Gasteiger partial charge in [-0.05, 0) is 37.8 Å². The molecule has 1 amide bonds. The number of rotatable bonds is 9. The average Bonchev–Trinajstić information content (AvgIpc) is 2.85. The fourth-order valence-corrected chi connectivity index (χ4v) is 2.98. The van der Waals surface area contributed by atoms with E-state index in [0.29, 0.717) is 13.2 Å². The van der Waals surface area contributed by atoms with Gasteiger partial charge in [0.2, 0.25) is 5.91 Å². The molecule has 1 saturated heterocycles. The second-order valence-electron chi connectivity index (χ2n) is 5.10. The van der Waals surface area contributed by atoms with Gasteiger partial charge >= 0.3 is 0 Å². The fourth-order valence-electron chi connectivity index (χ4n) is 2.17. The zero-order chi connectivity index (χ0) is 14.1. The summed E-state index contributed by atoms with van der Waals surface area (Å²) in [6.45, 7) is 8.51. The van der Waals surface area contributed by atoms with Crippen LogP contribution in [0.1, 0.15) is 33.6 Å². The van der Waals surface area contributed by atoms with Crippen molar-refractivity contribution in [1.29, 1.82) is 0 Å². The normalized spacial score (nSPS) is 24.4. The van der Waals surface area contributed by atoms with Gasteiger partial charge < -0.3 is 15.4 Å². The van der Waals surface area contributed by atoms with E-state index in [1.807, 2.05) is 11.8 Å². The summed E-state index contributed by atoms with van der Waals surface area (Å²) < 4.78 is 5.44. The van der Waals surface area contributed by atoms with Gasteiger partial charge in [-0.1, -0.05) is 13.8 Å². The third-order valence-electron chi connectivity index (χ3n) is 3.36. The quantitative estimate of drug-likeness (QED) is 0.634. The molecule has 1 aliphatic rings. The minimum atomic E-state index is -0.0344. The lowest BCUT2D eigenvalue weighted by molar-refractivity contribution is -0.126. The Morgan fingerprint density at radius 3 is 2.89 bits per heavy atom. The molecule has 0 bridgehead atoms. The summed E-state index contributed by atoms with van der Waals surface area (Å²) in [5.41, 5.74) is 0. The molecule has 1 heterocycles. The van der Waals surface area contributed by atoms with Gasteiger partial charge in [0.1, 0.15) is 0 Å². The van der Waals surface area contributed by atoms with Gasteiger partial charge in [0.05, 0.1) is 19.1 Å². The molecule has 0 saturated carbocycles. The minimum absolute atomic E-state index is 0.0344. The van der Waals surface area contributed by atoms with E-state index in [-0.39, 0.29) is 23.9 Å². The molecule has 0 radical (unpaired) electrons. The van der Waals surface area contributed by atoms with Crippen LogP contribution in [0.15, 0.2) is 0 Å². The van der Waals surface area contributed by atoms with Gasteiger partial charge in [-0.3, -0.25) is 4.79 Å². The third-order valence-corrected chi connectivity index (χ3v) is 4.29. The van der Waals surface area contributed by atoms with Crippen molar-refractivity contribution in [3.63, 3.8) is 0 Å². The van der Waals surface area contributed by atoms with Crippen molar-refractivity contribution in [2.45, 2.75) is 45.7 Å². The molecule has 112 valence electrons. The van der Waals surface area contributed by atoms with E-state index in [0.717, 1.165) is 30.9 Å². The molecule has 1 aliphatic heterocycles. The van der Waals surface area contributed by atoms with Crippen molar-refractivity contribution in [2.24, 2.45) is 5.92 Å². The van der Waals surface area contributed by atoms with Crippen LogP contribution in [-0.4, -0.2) is 49.3 Å². The second-order valence-corrected chi connectivity index (χ2v) is 6.49. The van der Waals surface area contributed by atoms with Gasteiger partial charge in [0.25, 0.3) is 0 Å². The highest BCUT2D eigenvalue weighted by molar-refractivity contribution is 7.99. The summed E-state index contributed by atoms with van der Waals surface area (Å²) in [4.78, 5) is 12.2. The Morgan fingerprint density at radius 1 is 1.42 bits per heavy atom. The molecule has 1 rings (SSSR count). The number of carbonyl (C=O) groups is 1. The summed E-state index contributed by atoms with van der Waals surface area (Å²) in [6.07, 6.45) is 2.11. The lowest BCUT2D eigenvalue weighted by Crippen LogP contribution is -2.46. The predicted molar refractivity (Wildman–Crippen MR) is 81.6 cm³/mol. The first-order valence-electron chi connectivity index (χ1n) is 7.38. The van der Waals surface area contributed by atoms with Crippen molar-refractivity contribution >= 4 is 17.7 Å². The lowest BCUT2D eigenvalue weighted by atomic mass is 10.0. The first-order chi connectivity index (χ1) is 9.19. The highest BCUT2D eigenvalue weighted by atomic mass is 32.2. The first-order valence-corrected chi connectivity index (χ1v) is 8.53. The zero-order valence-electron chi connectivity index (χ0n) is 12.4. The predicted octanol–water partition coefficient (Wildman–Crippen LogP) is 1.65. The number of nitrogens with one attached hydrogen (secondary N) is 2. The van der Waals surface area contributed by atoms with Crippen LogP contribution >= 0.6 is 11.8 Å². The Kier molecular flexibility index (Phi) is 8.50. The maximum absolute atomic E-state index is 12.2. The SMILES string of the molecule is CCCNC1COCC1C(=O)NC(C)CCSCC. The van der Waals surface area contributed by atoms with Crippen LogP contribution in [0.4, 0.5) is 0 Å². The molecule has 19 heavy (non-hydrogen) atoms. The summed E-state index contributed by atoms with van der Waals surface area (Å²) in [5.74, 6) is 2.35. The highest BCUT2D eigenvalue weighted by Gasteiger charge is 2.33. The van der Waals surface area contributed by atoms with Crippen molar-refractivity contribution in [3.8, 4) is 0 Å². The van der Waals surface area contributed by atoms with Crippen molar-refractivity contribution in [2.75, 3.05) is 31.3 Å². The fraction of sp³-hybridized carbons (Fsp3) is 0.929. The van der Waals surface area contributed by atoms with Crippen LogP contribution in [0.25, 0.3) is 0 Å². The number of thioether (sulfide) groups is 1. The van der Waals surface area contributed by atoms with E-state index < -0.39 is 0 Å². The summed E-state index contributed by atoms with van der Waals surface area (Å²) >= 11 is 1.92. The van der Waals surface area contributed by atoms with E-state index in [1.165, 1.54) is 0 Å². The van der Waals surface area contributed by atoms with Crippen LogP contribution in [-0.2, 0) is 9.53 Å². The molecule has 0 aliphatic carbocycles. The Balaban J connectivity index is 2.30. The van der Waals surface area contributed by atoms with E-state index >= 15 is 0 Å². The monoisotopic (exact) mass is 288 g/mol. The van der Waals surface area contributed by atoms with Gasteiger partial charge in [-0.15, -0.1) is 0 Å². The second kappa shape index (κ2) is 9.61. The lowest BCUT2D eigenvalue weighted by Gasteiger charge is -2.21. The number of carbonyl (C=O) groups excluding carboxylic acids is 1. The van der Waals surface area contributed by atoms with E-state index in [2.05, 4.69) is 31.4 Å². The number of amides is 1. The van der Waals surface area contributed by atoms with Gasteiger partial charge in [0.15, 0.2) is 0 Å². The third kappa shape index (κ3) is 6.15.